The van der Waals surface area contributed by atoms with Crippen molar-refractivity contribution in [3.63, 3.8) is 0 Å². The third kappa shape index (κ3) is 3.16. The van der Waals surface area contributed by atoms with Gasteiger partial charge in [0.05, 0.1) is 11.9 Å². The van der Waals surface area contributed by atoms with E-state index in [2.05, 4.69) is 28.7 Å². The molecule has 1 aromatic heterocycles. The van der Waals surface area contributed by atoms with Gasteiger partial charge in [-0.3, -0.25) is 4.98 Å². The molecular formula is C13H22N4. The Balaban J connectivity index is 2.11. The van der Waals surface area contributed by atoms with E-state index in [1.54, 1.807) is 6.20 Å². The summed E-state index contributed by atoms with van der Waals surface area (Å²) in [7, 11) is 0. The quantitative estimate of drug-likeness (QED) is 0.849. The van der Waals surface area contributed by atoms with Crippen molar-refractivity contribution in [3.05, 3.63) is 18.1 Å². The summed E-state index contributed by atoms with van der Waals surface area (Å²) in [4.78, 5) is 11.1. The zero-order valence-corrected chi connectivity index (χ0v) is 10.8. The van der Waals surface area contributed by atoms with E-state index in [1.165, 1.54) is 19.3 Å². The summed E-state index contributed by atoms with van der Waals surface area (Å²) in [5, 5.41) is 0. The van der Waals surface area contributed by atoms with Gasteiger partial charge in [-0.1, -0.05) is 13.8 Å². The zero-order chi connectivity index (χ0) is 12.3. The van der Waals surface area contributed by atoms with Crippen LogP contribution in [-0.4, -0.2) is 23.1 Å². The molecule has 4 heteroatoms. The highest BCUT2D eigenvalue weighted by Gasteiger charge is 2.23. The maximum absolute atomic E-state index is 5.60. The van der Waals surface area contributed by atoms with Crippen molar-refractivity contribution in [1.29, 1.82) is 0 Å². The number of hydrogen-bond donors (Lipinski definition) is 1. The largest absolute Gasteiger partial charge is 0.355 e. The van der Waals surface area contributed by atoms with E-state index in [0.29, 0.717) is 12.0 Å². The molecule has 1 aliphatic heterocycles. The van der Waals surface area contributed by atoms with Crippen LogP contribution in [0.3, 0.4) is 0 Å². The molecule has 0 aliphatic carbocycles. The minimum atomic E-state index is 0.452. The first-order chi connectivity index (χ1) is 8.11. The van der Waals surface area contributed by atoms with Crippen molar-refractivity contribution in [2.45, 2.75) is 39.7 Å². The van der Waals surface area contributed by atoms with E-state index in [-0.39, 0.29) is 0 Å². The number of hydrogen-bond acceptors (Lipinski definition) is 4. The van der Waals surface area contributed by atoms with Crippen molar-refractivity contribution >= 4 is 5.82 Å². The van der Waals surface area contributed by atoms with Gasteiger partial charge in [0.2, 0.25) is 0 Å². The van der Waals surface area contributed by atoms with Crippen molar-refractivity contribution in [2.24, 2.45) is 11.1 Å². The lowest BCUT2D eigenvalue weighted by atomic mass is 9.85. The molecule has 0 bridgehead atoms. The molecule has 0 aromatic carbocycles. The van der Waals surface area contributed by atoms with Crippen LogP contribution in [0, 0.1) is 5.41 Å². The SMILES string of the molecule is CC1(C)CCCN(c2cncc(CN)n2)CC1. The van der Waals surface area contributed by atoms with Gasteiger partial charge in [-0.05, 0) is 24.7 Å². The van der Waals surface area contributed by atoms with Crippen LogP contribution in [0.2, 0.25) is 0 Å². The first-order valence-electron chi connectivity index (χ1n) is 6.37. The highest BCUT2D eigenvalue weighted by Crippen LogP contribution is 2.30. The normalized spacial score (nSPS) is 20.1. The standard InChI is InChI=1S/C13H22N4/c1-13(2)4-3-6-17(7-5-13)12-10-15-9-11(8-14)16-12/h9-10H,3-8,14H2,1-2H3. The Morgan fingerprint density at radius 1 is 1.29 bits per heavy atom. The monoisotopic (exact) mass is 234 g/mol. The van der Waals surface area contributed by atoms with Crippen molar-refractivity contribution in [1.82, 2.24) is 9.97 Å². The van der Waals surface area contributed by atoms with E-state index in [0.717, 1.165) is 24.6 Å². The van der Waals surface area contributed by atoms with E-state index in [1.807, 2.05) is 6.20 Å². The number of nitrogens with zero attached hydrogens (tertiary/aromatic N) is 3. The minimum Gasteiger partial charge on any atom is -0.355 e. The summed E-state index contributed by atoms with van der Waals surface area (Å²) in [6.07, 6.45) is 7.30. The van der Waals surface area contributed by atoms with E-state index in [4.69, 9.17) is 5.73 Å². The van der Waals surface area contributed by atoms with Gasteiger partial charge >= 0.3 is 0 Å². The molecule has 1 fully saturated rings. The fraction of sp³-hybridized carbons (Fsp3) is 0.692. The average Bonchev–Trinajstić information content (AvgIpc) is 2.50. The Hall–Kier alpha value is -1.16. The highest BCUT2D eigenvalue weighted by molar-refractivity contribution is 5.36. The second kappa shape index (κ2) is 5.00. The van der Waals surface area contributed by atoms with Crippen LogP contribution in [0.15, 0.2) is 12.4 Å². The van der Waals surface area contributed by atoms with Crippen LogP contribution in [0.1, 0.15) is 38.8 Å². The highest BCUT2D eigenvalue weighted by atomic mass is 15.2. The van der Waals surface area contributed by atoms with Gasteiger partial charge in [0.15, 0.2) is 0 Å². The number of rotatable bonds is 2. The van der Waals surface area contributed by atoms with Gasteiger partial charge in [-0.25, -0.2) is 4.98 Å². The summed E-state index contributed by atoms with van der Waals surface area (Å²) in [5.74, 6) is 0.977. The second-order valence-corrected chi connectivity index (χ2v) is 5.58. The van der Waals surface area contributed by atoms with E-state index >= 15 is 0 Å². The Morgan fingerprint density at radius 2 is 2.12 bits per heavy atom. The summed E-state index contributed by atoms with van der Waals surface area (Å²) in [5.41, 5.74) is 6.92. The molecule has 0 amide bonds. The van der Waals surface area contributed by atoms with Crippen molar-refractivity contribution < 1.29 is 0 Å². The summed E-state index contributed by atoms with van der Waals surface area (Å²) in [6, 6.07) is 0. The topological polar surface area (TPSA) is 55.0 Å². The third-order valence-electron chi connectivity index (χ3n) is 3.54. The molecule has 0 saturated carbocycles. The van der Waals surface area contributed by atoms with Crippen LogP contribution < -0.4 is 10.6 Å². The molecular weight excluding hydrogens is 212 g/mol. The second-order valence-electron chi connectivity index (χ2n) is 5.58. The van der Waals surface area contributed by atoms with E-state index < -0.39 is 0 Å². The third-order valence-corrected chi connectivity index (χ3v) is 3.54. The van der Waals surface area contributed by atoms with Gasteiger partial charge in [-0.2, -0.15) is 0 Å². The molecule has 1 aromatic rings. The molecule has 4 nitrogen and oxygen atoms in total. The summed E-state index contributed by atoms with van der Waals surface area (Å²) >= 11 is 0. The Labute approximate surface area is 103 Å². The minimum absolute atomic E-state index is 0.452. The lowest BCUT2D eigenvalue weighted by molar-refractivity contribution is 0.325. The van der Waals surface area contributed by atoms with Crippen molar-refractivity contribution in [2.75, 3.05) is 18.0 Å². The zero-order valence-electron chi connectivity index (χ0n) is 10.8. The molecule has 2 heterocycles. The lowest BCUT2D eigenvalue weighted by Crippen LogP contribution is -2.26. The van der Waals surface area contributed by atoms with Crippen LogP contribution in [-0.2, 0) is 6.54 Å². The maximum Gasteiger partial charge on any atom is 0.147 e. The Bertz CT molecular complexity index is 375. The number of anilines is 1. The van der Waals surface area contributed by atoms with E-state index in [9.17, 15) is 0 Å². The molecule has 0 radical (unpaired) electrons. The summed E-state index contributed by atoms with van der Waals surface area (Å²) < 4.78 is 0. The Kier molecular flexibility index (Phi) is 3.62. The first-order valence-corrected chi connectivity index (χ1v) is 6.37. The maximum atomic E-state index is 5.60. The van der Waals surface area contributed by atoms with Gasteiger partial charge < -0.3 is 10.6 Å². The average molecular weight is 234 g/mol. The number of nitrogens with two attached hydrogens (primary N) is 1. The van der Waals surface area contributed by atoms with Crippen LogP contribution in [0.25, 0.3) is 0 Å². The molecule has 0 atom stereocenters. The molecule has 1 aliphatic rings. The Morgan fingerprint density at radius 3 is 2.88 bits per heavy atom. The fourth-order valence-corrected chi connectivity index (χ4v) is 2.30. The van der Waals surface area contributed by atoms with Gasteiger partial charge in [-0.15, -0.1) is 0 Å². The lowest BCUT2D eigenvalue weighted by Gasteiger charge is -2.24. The molecule has 17 heavy (non-hydrogen) atoms. The molecule has 1 saturated heterocycles. The molecule has 2 N–H and O–H groups in total. The number of aromatic nitrogens is 2. The predicted molar refractivity (Wildman–Crippen MR) is 69.8 cm³/mol. The van der Waals surface area contributed by atoms with Crippen LogP contribution in [0.4, 0.5) is 5.82 Å². The molecule has 0 unspecified atom stereocenters. The first kappa shape index (κ1) is 12.3. The molecule has 94 valence electrons. The van der Waals surface area contributed by atoms with Gasteiger partial charge in [0.1, 0.15) is 5.82 Å². The van der Waals surface area contributed by atoms with Crippen molar-refractivity contribution in [3.8, 4) is 0 Å². The summed E-state index contributed by atoms with van der Waals surface area (Å²) in [6.45, 7) is 7.29. The fourth-order valence-electron chi connectivity index (χ4n) is 2.30. The molecule has 0 spiro atoms. The smallest absolute Gasteiger partial charge is 0.147 e. The van der Waals surface area contributed by atoms with Gasteiger partial charge in [0, 0.05) is 25.8 Å². The predicted octanol–water partition coefficient (Wildman–Crippen LogP) is 1.95. The van der Waals surface area contributed by atoms with Crippen LogP contribution in [0.5, 0.6) is 0 Å². The van der Waals surface area contributed by atoms with Crippen LogP contribution >= 0.6 is 0 Å². The molecule has 2 rings (SSSR count). The van der Waals surface area contributed by atoms with Gasteiger partial charge in [0.25, 0.3) is 0 Å².